The number of benzene rings is 2. The average Bonchev–Trinajstić information content (AvgIpc) is 3.44. The summed E-state index contributed by atoms with van der Waals surface area (Å²) in [6.45, 7) is 1.70. The van der Waals surface area contributed by atoms with Gasteiger partial charge in [0.25, 0.3) is 5.56 Å². The maximum absolute atomic E-state index is 13.1. The summed E-state index contributed by atoms with van der Waals surface area (Å²) in [5, 5.41) is 13.7. The van der Waals surface area contributed by atoms with E-state index in [2.05, 4.69) is 25.4 Å². The molecule has 10 nitrogen and oxygen atoms in total. The number of aromatic amines is 1. The normalized spacial score (nSPS) is 14.2. The highest BCUT2D eigenvalue weighted by Gasteiger charge is 2.22. The molecule has 1 aliphatic carbocycles. The Hall–Kier alpha value is -3.92. The van der Waals surface area contributed by atoms with Gasteiger partial charge in [-0.25, -0.2) is 4.68 Å². The van der Waals surface area contributed by atoms with Crippen LogP contribution in [-0.4, -0.2) is 58.0 Å². The summed E-state index contributed by atoms with van der Waals surface area (Å²) in [5.41, 5.74) is 2.45. The molecule has 0 atom stereocenters. The molecule has 0 unspecified atom stereocenters. The number of ether oxygens (including phenoxy) is 3. The number of hydrogen-bond donors (Lipinski definition) is 1. The molecular weight excluding hydrogens is 496 g/mol. The highest BCUT2D eigenvalue weighted by Crippen LogP contribution is 2.29. The van der Waals surface area contributed by atoms with Gasteiger partial charge in [-0.2, -0.15) is 0 Å². The van der Waals surface area contributed by atoms with Gasteiger partial charge in [0, 0.05) is 24.7 Å². The van der Waals surface area contributed by atoms with E-state index in [1.54, 1.807) is 21.3 Å². The average molecular weight is 533 g/mol. The van der Waals surface area contributed by atoms with E-state index in [0.717, 1.165) is 41.6 Å². The summed E-state index contributed by atoms with van der Waals surface area (Å²) in [4.78, 5) is 18.4. The zero-order valence-corrected chi connectivity index (χ0v) is 22.9. The predicted molar refractivity (Wildman–Crippen MR) is 148 cm³/mol. The molecule has 206 valence electrons. The molecule has 1 saturated carbocycles. The molecule has 0 radical (unpaired) electrons. The first-order chi connectivity index (χ1) is 19.1. The van der Waals surface area contributed by atoms with Crippen LogP contribution in [0.3, 0.4) is 0 Å². The van der Waals surface area contributed by atoms with Crippen LogP contribution >= 0.6 is 0 Å². The second kappa shape index (κ2) is 12.3. The van der Waals surface area contributed by atoms with Crippen LogP contribution in [0.15, 0.2) is 47.3 Å². The second-order valence-electron chi connectivity index (χ2n) is 10.1. The first-order valence-electron chi connectivity index (χ1n) is 13.5. The lowest BCUT2D eigenvalue weighted by atomic mass is 9.95. The summed E-state index contributed by atoms with van der Waals surface area (Å²) >= 11 is 0. The number of aromatic nitrogens is 5. The third kappa shape index (κ3) is 6.22. The first-order valence-corrected chi connectivity index (χ1v) is 13.5. The Bertz CT molecular complexity index is 1460. The van der Waals surface area contributed by atoms with Gasteiger partial charge in [0.1, 0.15) is 5.75 Å². The standard InChI is InChI=1S/C29H36N6O4/c1-37-24-11-10-21-16-22(29(36)30-25(21)17-24)18-34(14-13-20-9-12-26(38-2)27(15-20)39-3)19-28-31-32-33-35(28)23-7-5-4-6-8-23/h9-12,15-17,23H,4-8,13-14,18-19H2,1-3H3,(H,30,36). The van der Waals surface area contributed by atoms with Gasteiger partial charge in [0.15, 0.2) is 17.3 Å². The maximum atomic E-state index is 13.1. The molecule has 5 rings (SSSR count). The summed E-state index contributed by atoms with van der Waals surface area (Å²) in [6, 6.07) is 14.0. The molecule has 0 saturated heterocycles. The molecule has 4 aromatic rings. The number of fused-ring (bicyclic) bond motifs is 1. The number of rotatable bonds is 11. The summed E-state index contributed by atoms with van der Waals surface area (Å²) in [6.07, 6.45) is 6.61. The van der Waals surface area contributed by atoms with Crippen molar-refractivity contribution in [2.24, 2.45) is 0 Å². The van der Waals surface area contributed by atoms with Crippen LogP contribution < -0.4 is 19.8 Å². The number of nitrogens with zero attached hydrogens (tertiary/aromatic N) is 5. The van der Waals surface area contributed by atoms with Crippen LogP contribution in [0.1, 0.15) is 55.1 Å². The first kappa shape index (κ1) is 26.7. The van der Waals surface area contributed by atoms with Gasteiger partial charge >= 0.3 is 0 Å². The molecule has 2 aromatic carbocycles. The molecular formula is C29H36N6O4. The Kier molecular flexibility index (Phi) is 8.41. The smallest absolute Gasteiger partial charge is 0.252 e. The Balaban J connectivity index is 1.41. The number of hydrogen-bond acceptors (Lipinski definition) is 8. The molecule has 0 aliphatic heterocycles. The van der Waals surface area contributed by atoms with Gasteiger partial charge in [-0.3, -0.25) is 9.69 Å². The van der Waals surface area contributed by atoms with Crippen molar-refractivity contribution < 1.29 is 14.2 Å². The molecule has 1 aliphatic rings. The number of methoxy groups -OCH3 is 3. The van der Waals surface area contributed by atoms with Gasteiger partial charge in [0.2, 0.25) is 0 Å². The zero-order valence-electron chi connectivity index (χ0n) is 22.9. The molecule has 39 heavy (non-hydrogen) atoms. The topological polar surface area (TPSA) is 107 Å². The number of tetrazole rings is 1. The van der Waals surface area contributed by atoms with Gasteiger partial charge in [0.05, 0.1) is 39.4 Å². The minimum Gasteiger partial charge on any atom is -0.497 e. The lowest BCUT2D eigenvalue weighted by Crippen LogP contribution is -2.30. The number of H-pyrrole nitrogens is 1. The van der Waals surface area contributed by atoms with E-state index in [1.165, 1.54) is 19.3 Å². The minimum absolute atomic E-state index is 0.112. The fraction of sp³-hybridized carbons (Fsp3) is 0.448. The van der Waals surface area contributed by atoms with Gasteiger partial charge in [-0.15, -0.1) is 5.10 Å². The van der Waals surface area contributed by atoms with Crippen molar-refractivity contribution in [2.45, 2.75) is 57.7 Å². The van der Waals surface area contributed by atoms with E-state index in [4.69, 9.17) is 14.2 Å². The highest BCUT2D eigenvalue weighted by atomic mass is 16.5. The predicted octanol–water partition coefficient (Wildman–Crippen LogP) is 4.29. The van der Waals surface area contributed by atoms with Crippen molar-refractivity contribution in [3.63, 3.8) is 0 Å². The van der Waals surface area contributed by atoms with E-state index in [-0.39, 0.29) is 5.56 Å². The van der Waals surface area contributed by atoms with Crippen LogP contribution in [0.25, 0.3) is 10.9 Å². The van der Waals surface area contributed by atoms with Crippen molar-refractivity contribution >= 4 is 10.9 Å². The highest BCUT2D eigenvalue weighted by molar-refractivity contribution is 5.80. The van der Waals surface area contributed by atoms with E-state index >= 15 is 0 Å². The van der Waals surface area contributed by atoms with Crippen LogP contribution in [0, 0.1) is 0 Å². The second-order valence-corrected chi connectivity index (χ2v) is 10.1. The van der Waals surface area contributed by atoms with E-state index < -0.39 is 0 Å². The van der Waals surface area contributed by atoms with Crippen molar-refractivity contribution in [1.82, 2.24) is 30.1 Å². The van der Waals surface area contributed by atoms with Crippen LogP contribution in [-0.2, 0) is 19.5 Å². The Morgan fingerprint density at radius 1 is 0.949 bits per heavy atom. The molecule has 0 spiro atoms. The monoisotopic (exact) mass is 532 g/mol. The van der Waals surface area contributed by atoms with Crippen LogP contribution in [0.2, 0.25) is 0 Å². The lowest BCUT2D eigenvalue weighted by molar-refractivity contribution is 0.235. The largest absolute Gasteiger partial charge is 0.497 e. The van der Waals surface area contributed by atoms with Crippen molar-refractivity contribution in [2.75, 3.05) is 27.9 Å². The quantitative estimate of drug-likeness (QED) is 0.305. The van der Waals surface area contributed by atoms with Crippen molar-refractivity contribution in [3.8, 4) is 17.2 Å². The molecule has 0 amide bonds. The lowest BCUT2D eigenvalue weighted by Gasteiger charge is -2.25. The number of nitrogens with one attached hydrogen (secondary N) is 1. The summed E-state index contributed by atoms with van der Waals surface area (Å²) < 4.78 is 18.2. The SMILES string of the molecule is COc1ccc2cc(CN(CCc3ccc(OC)c(OC)c3)Cc3nnnn3C3CCCCC3)c(=O)[nH]c2c1. The summed E-state index contributed by atoms with van der Waals surface area (Å²) in [7, 11) is 4.89. The fourth-order valence-electron chi connectivity index (χ4n) is 5.37. The van der Waals surface area contributed by atoms with Gasteiger partial charge < -0.3 is 19.2 Å². The Morgan fingerprint density at radius 3 is 2.54 bits per heavy atom. The van der Waals surface area contributed by atoms with Crippen molar-refractivity contribution in [3.05, 3.63) is 69.8 Å². The molecule has 2 aromatic heterocycles. The molecule has 1 fully saturated rings. The van der Waals surface area contributed by atoms with Gasteiger partial charge in [-0.05, 0) is 71.0 Å². The third-order valence-corrected chi connectivity index (χ3v) is 7.54. The number of pyridine rings is 1. The van der Waals surface area contributed by atoms with E-state index in [9.17, 15) is 4.79 Å². The molecule has 0 bridgehead atoms. The van der Waals surface area contributed by atoms with E-state index in [1.807, 2.05) is 47.1 Å². The fourth-order valence-corrected chi connectivity index (χ4v) is 5.37. The van der Waals surface area contributed by atoms with Crippen LogP contribution in [0.5, 0.6) is 17.2 Å². The van der Waals surface area contributed by atoms with E-state index in [0.29, 0.717) is 48.5 Å². The van der Waals surface area contributed by atoms with Gasteiger partial charge in [-0.1, -0.05) is 25.3 Å². The Morgan fingerprint density at radius 2 is 1.77 bits per heavy atom. The minimum atomic E-state index is -0.112. The zero-order chi connectivity index (χ0) is 27.2. The molecule has 2 heterocycles. The molecule has 10 heteroatoms. The van der Waals surface area contributed by atoms with Crippen LogP contribution in [0.4, 0.5) is 0 Å². The Labute approximate surface area is 227 Å². The summed E-state index contributed by atoms with van der Waals surface area (Å²) in [5.74, 6) is 2.93. The maximum Gasteiger partial charge on any atom is 0.252 e. The van der Waals surface area contributed by atoms with Crippen molar-refractivity contribution in [1.29, 1.82) is 0 Å². The third-order valence-electron chi connectivity index (χ3n) is 7.54. The molecule has 1 N–H and O–H groups in total.